The van der Waals surface area contributed by atoms with Crippen molar-refractivity contribution in [3.8, 4) is 0 Å². The molecule has 1 aromatic heterocycles. The number of nitrogen functional groups attached to an aromatic ring is 1. The minimum Gasteiger partial charge on any atom is -0.374 e. The lowest BCUT2D eigenvalue weighted by Crippen LogP contribution is -2.09. The van der Waals surface area contributed by atoms with Gasteiger partial charge in [-0.1, -0.05) is 71.1 Å². The molecule has 0 saturated carbocycles. The number of benzene rings is 2. The third kappa shape index (κ3) is 4.69. The largest absolute Gasteiger partial charge is 0.374 e. The third-order valence-corrected chi connectivity index (χ3v) is 6.64. The van der Waals surface area contributed by atoms with E-state index in [0.29, 0.717) is 20.9 Å². The van der Waals surface area contributed by atoms with Crippen molar-refractivity contribution in [2.45, 2.75) is 16.2 Å². The highest BCUT2D eigenvalue weighted by atomic mass is 32.2. The smallest absolute Gasteiger partial charge is 0.282 e. The van der Waals surface area contributed by atoms with E-state index in [1.807, 2.05) is 37.3 Å². The summed E-state index contributed by atoms with van der Waals surface area (Å²) in [5.41, 5.74) is 7.77. The van der Waals surface area contributed by atoms with Crippen molar-refractivity contribution in [2.75, 3.05) is 11.5 Å². The van der Waals surface area contributed by atoms with Crippen LogP contribution in [0.2, 0.25) is 0 Å². The van der Waals surface area contributed by atoms with E-state index < -0.39 is 10.0 Å². The molecule has 0 fully saturated rings. The van der Waals surface area contributed by atoms with E-state index in [0.717, 1.165) is 11.1 Å². The first kappa shape index (κ1) is 18.6. The summed E-state index contributed by atoms with van der Waals surface area (Å²) in [6.45, 7) is 1.90. The van der Waals surface area contributed by atoms with E-state index in [4.69, 9.17) is 5.73 Å². The molecule has 2 N–H and O–H groups in total. The van der Waals surface area contributed by atoms with Crippen molar-refractivity contribution in [2.24, 2.45) is 4.40 Å². The first-order valence-corrected chi connectivity index (χ1v) is 10.9. The number of aromatic nitrogens is 2. The topological polar surface area (TPSA) is 98.3 Å². The molecule has 6 nitrogen and oxygen atoms in total. The van der Waals surface area contributed by atoms with Crippen molar-refractivity contribution in [1.29, 1.82) is 0 Å². The lowest BCUT2D eigenvalue weighted by molar-refractivity contribution is 0.598. The van der Waals surface area contributed by atoms with Crippen LogP contribution in [0, 0.1) is 6.92 Å². The van der Waals surface area contributed by atoms with Crippen LogP contribution < -0.4 is 5.73 Å². The fourth-order valence-corrected chi connectivity index (χ4v) is 4.84. The molecule has 0 aliphatic heterocycles. The summed E-state index contributed by atoms with van der Waals surface area (Å²) in [5.74, 6) is 0.337. The third-order valence-electron chi connectivity index (χ3n) is 3.41. The fourth-order valence-electron chi connectivity index (χ4n) is 2.11. The van der Waals surface area contributed by atoms with Crippen LogP contribution in [0.25, 0.3) is 0 Å². The highest BCUT2D eigenvalue weighted by molar-refractivity contribution is 8.01. The molecule has 1 heterocycles. The summed E-state index contributed by atoms with van der Waals surface area (Å²) in [6.07, 6.45) is 0. The maximum atomic E-state index is 12.7. The minimum atomic E-state index is -3.81. The molecule has 0 saturated heterocycles. The Hall–Kier alpha value is -2.23. The zero-order chi connectivity index (χ0) is 18.6. The summed E-state index contributed by atoms with van der Waals surface area (Å²) in [4.78, 5) is 0.168. The monoisotopic (exact) mass is 404 g/mol. The summed E-state index contributed by atoms with van der Waals surface area (Å²) in [7, 11) is -3.81. The Balaban J connectivity index is 1.93. The highest BCUT2D eigenvalue weighted by Crippen LogP contribution is 2.25. The van der Waals surface area contributed by atoms with Gasteiger partial charge in [0.05, 0.1) is 10.6 Å². The van der Waals surface area contributed by atoms with Crippen LogP contribution in [-0.4, -0.2) is 30.1 Å². The maximum absolute atomic E-state index is 12.7. The second-order valence-electron chi connectivity index (χ2n) is 5.39. The van der Waals surface area contributed by atoms with Crippen LogP contribution in [0.1, 0.15) is 11.1 Å². The number of nitrogens with zero attached hydrogens (tertiary/aromatic N) is 3. The van der Waals surface area contributed by atoms with E-state index in [1.54, 1.807) is 24.3 Å². The number of nitrogens with two attached hydrogens (primary N) is 1. The van der Waals surface area contributed by atoms with Crippen LogP contribution in [0.5, 0.6) is 0 Å². The van der Waals surface area contributed by atoms with Crippen LogP contribution in [0.3, 0.4) is 0 Å². The molecule has 0 spiro atoms. The Bertz CT molecular complexity index is 1010. The number of sulfonamides is 1. The Morgan fingerprint density at radius 2 is 1.81 bits per heavy atom. The average Bonchev–Trinajstić information content (AvgIpc) is 3.05. The first-order valence-electron chi connectivity index (χ1n) is 7.62. The molecule has 9 heteroatoms. The van der Waals surface area contributed by atoms with Crippen LogP contribution >= 0.6 is 23.1 Å². The van der Waals surface area contributed by atoms with Gasteiger partial charge in [-0.25, -0.2) is 0 Å². The molecule has 0 unspecified atom stereocenters. The second kappa shape index (κ2) is 7.98. The predicted octanol–water partition coefficient (Wildman–Crippen LogP) is 3.40. The summed E-state index contributed by atoms with van der Waals surface area (Å²) < 4.78 is 30.2. The number of hydrogen-bond donors (Lipinski definition) is 1. The van der Waals surface area contributed by atoms with E-state index in [9.17, 15) is 8.42 Å². The molecule has 3 aromatic rings. The van der Waals surface area contributed by atoms with Gasteiger partial charge in [0.15, 0.2) is 4.34 Å². The van der Waals surface area contributed by atoms with Gasteiger partial charge in [0.2, 0.25) is 5.13 Å². The SMILES string of the molecule is Cc1ccc(S(=O)(=O)/N=C(/CSc2nnc(N)s2)c2ccccc2)cc1. The van der Waals surface area contributed by atoms with Crippen molar-refractivity contribution in [3.63, 3.8) is 0 Å². The van der Waals surface area contributed by atoms with Crippen molar-refractivity contribution >= 4 is 44.0 Å². The van der Waals surface area contributed by atoms with Gasteiger partial charge >= 0.3 is 0 Å². The van der Waals surface area contributed by atoms with Gasteiger partial charge in [0, 0.05) is 5.75 Å². The molecule has 0 amide bonds. The van der Waals surface area contributed by atoms with Gasteiger partial charge in [0.1, 0.15) is 0 Å². The van der Waals surface area contributed by atoms with E-state index >= 15 is 0 Å². The van der Waals surface area contributed by atoms with Crippen molar-refractivity contribution in [3.05, 3.63) is 65.7 Å². The number of thioether (sulfide) groups is 1. The van der Waals surface area contributed by atoms with Gasteiger partial charge in [-0.05, 0) is 24.6 Å². The van der Waals surface area contributed by atoms with Gasteiger partial charge < -0.3 is 5.73 Å². The van der Waals surface area contributed by atoms with Crippen LogP contribution in [0.4, 0.5) is 5.13 Å². The minimum absolute atomic E-state index is 0.168. The maximum Gasteiger partial charge on any atom is 0.282 e. The van der Waals surface area contributed by atoms with Crippen LogP contribution in [-0.2, 0) is 10.0 Å². The predicted molar refractivity (Wildman–Crippen MR) is 106 cm³/mol. The molecule has 0 aliphatic carbocycles. The summed E-state index contributed by atoms with van der Waals surface area (Å²) >= 11 is 2.61. The zero-order valence-electron chi connectivity index (χ0n) is 13.9. The lowest BCUT2D eigenvalue weighted by Gasteiger charge is -2.07. The summed E-state index contributed by atoms with van der Waals surface area (Å²) in [6, 6.07) is 15.9. The second-order valence-corrected chi connectivity index (χ2v) is 9.22. The molecule has 2 aromatic carbocycles. The number of rotatable bonds is 6. The van der Waals surface area contributed by atoms with Gasteiger partial charge in [0.25, 0.3) is 10.0 Å². The Morgan fingerprint density at radius 1 is 1.12 bits per heavy atom. The van der Waals surface area contributed by atoms with E-state index in [1.165, 1.54) is 23.1 Å². The van der Waals surface area contributed by atoms with E-state index in [2.05, 4.69) is 14.6 Å². The molecule has 0 bridgehead atoms. The van der Waals surface area contributed by atoms with Gasteiger partial charge in [-0.2, -0.15) is 12.8 Å². The number of aryl methyl sites for hydroxylation is 1. The standard InChI is InChI=1S/C17H16N4O2S3/c1-12-7-9-14(10-8-12)26(22,23)21-15(13-5-3-2-4-6-13)11-24-17-20-19-16(18)25-17/h2-10H,11H2,1H3,(H2,18,19)/b21-15-. The highest BCUT2D eigenvalue weighted by Gasteiger charge is 2.16. The Morgan fingerprint density at radius 3 is 2.42 bits per heavy atom. The normalized spacial score (nSPS) is 12.3. The molecule has 134 valence electrons. The zero-order valence-corrected chi connectivity index (χ0v) is 16.3. The molecular weight excluding hydrogens is 388 g/mol. The number of anilines is 1. The van der Waals surface area contributed by atoms with Gasteiger partial charge in [-0.3, -0.25) is 0 Å². The lowest BCUT2D eigenvalue weighted by atomic mass is 10.1. The van der Waals surface area contributed by atoms with Crippen molar-refractivity contribution < 1.29 is 8.42 Å². The molecule has 0 aliphatic rings. The molecule has 26 heavy (non-hydrogen) atoms. The van der Waals surface area contributed by atoms with E-state index in [-0.39, 0.29) is 4.90 Å². The van der Waals surface area contributed by atoms with Gasteiger partial charge in [-0.15, -0.1) is 10.2 Å². The Labute approximate surface area is 160 Å². The molecule has 0 atom stereocenters. The molecular formula is C17H16N4O2S3. The molecule has 0 radical (unpaired) electrons. The Kier molecular flexibility index (Phi) is 5.70. The average molecular weight is 405 g/mol. The number of hydrogen-bond acceptors (Lipinski definition) is 7. The molecule has 3 rings (SSSR count). The summed E-state index contributed by atoms with van der Waals surface area (Å²) in [5, 5.41) is 8.09. The first-order chi connectivity index (χ1) is 12.4. The fraction of sp³-hybridized carbons (Fsp3) is 0.118. The van der Waals surface area contributed by atoms with Crippen molar-refractivity contribution in [1.82, 2.24) is 10.2 Å². The van der Waals surface area contributed by atoms with Crippen LogP contribution in [0.15, 0.2) is 68.2 Å². The quantitative estimate of drug-likeness (QED) is 0.499.